The van der Waals surface area contributed by atoms with Crippen molar-refractivity contribution in [1.29, 1.82) is 0 Å². The van der Waals surface area contributed by atoms with Gasteiger partial charge in [0.25, 0.3) is 0 Å². The molecule has 0 aliphatic rings. The maximum absolute atomic E-state index is 13.1. The number of carbonyl (C=O) groups is 1. The van der Waals surface area contributed by atoms with E-state index in [0.717, 1.165) is 12.1 Å². The highest BCUT2D eigenvalue weighted by Crippen LogP contribution is 2.30. The van der Waals surface area contributed by atoms with Gasteiger partial charge in [-0.05, 0) is 29.3 Å². The van der Waals surface area contributed by atoms with Gasteiger partial charge in [-0.2, -0.15) is 0 Å². The van der Waals surface area contributed by atoms with Crippen molar-refractivity contribution in [2.45, 2.75) is 0 Å². The second kappa shape index (κ2) is 4.74. The third kappa shape index (κ3) is 2.19. The summed E-state index contributed by atoms with van der Waals surface area (Å²) in [5, 5.41) is 9.13. The number of hydrogen-bond acceptors (Lipinski definition) is 1. The standard InChI is InChI=1S/C13H7ClF2O2/c14-9-3-1-2-8(12(9)13(17)18)7-4-5-10(15)11(16)6-7/h1-6H,(H,17,18). The minimum atomic E-state index is -1.22. The Hall–Kier alpha value is -1.94. The van der Waals surface area contributed by atoms with Crippen LogP contribution in [-0.2, 0) is 0 Å². The molecule has 5 heteroatoms. The van der Waals surface area contributed by atoms with Crippen LogP contribution in [0.1, 0.15) is 10.4 Å². The van der Waals surface area contributed by atoms with Crippen LogP contribution in [0.2, 0.25) is 5.02 Å². The van der Waals surface area contributed by atoms with Crippen LogP contribution in [0.4, 0.5) is 8.78 Å². The average Bonchev–Trinajstić information content (AvgIpc) is 2.32. The summed E-state index contributed by atoms with van der Waals surface area (Å²) in [5.74, 6) is -3.25. The van der Waals surface area contributed by atoms with Gasteiger partial charge in [0.2, 0.25) is 0 Å². The molecule has 0 aliphatic heterocycles. The number of carboxylic acid groups (broad SMARTS) is 1. The fourth-order valence-electron chi connectivity index (χ4n) is 1.65. The SMILES string of the molecule is O=C(O)c1c(Cl)cccc1-c1ccc(F)c(F)c1. The van der Waals surface area contributed by atoms with E-state index < -0.39 is 17.6 Å². The highest BCUT2D eigenvalue weighted by Gasteiger charge is 2.16. The van der Waals surface area contributed by atoms with E-state index in [1.54, 1.807) is 6.07 Å². The van der Waals surface area contributed by atoms with Gasteiger partial charge in [-0.3, -0.25) is 0 Å². The number of aromatic carboxylic acids is 1. The Kier molecular flexibility index (Phi) is 3.30. The lowest BCUT2D eigenvalue weighted by atomic mass is 9.99. The summed E-state index contributed by atoms with van der Waals surface area (Å²) in [5.41, 5.74) is 0.368. The van der Waals surface area contributed by atoms with E-state index >= 15 is 0 Å². The molecule has 0 aliphatic carbocycles. The molecule has 0 bridgehead atoms. The molecule has 18 heavy (non-hydrogen) atoms. The van der Waals surface area contributed by atoms with E-state index in [9.17, 15) is 13.6 Å². The molecule has 92 valence electrons. The van der Waals surface area contributed by atoms with Crippen molar-refractivity contribution in [2.24, 2.45) is 0 Å². The Morgan fingerprint density at radius 1 is 1.11 bits per heavy atom. The smallest absolute Gasteiger partial charge is 0.337 e. The largest absolute Gasteiger partial charge is 0.478 e. The van der Waals surface area contributed by atoms with Gasteiger partial charge in [0.05, 0.1) is 10.6 Å². The zero-order valence-corrected chi connectivity index (χ0v) is 9.71. The molecule has 2 aromatic rings. The molecule has 1 N–H and O–H groups in total. The normalized spacial score (nSPS) is 10.4. The van der Waals surface area contributed by atoms with Crippen LogP contribution in [0.3, 0.4) is 0 Å². The van der Waals surface area contributed by atoms with Crippen LogP contribution in [0.25, 0.3) is 11.1 Å². The fraction of sp³-hybridized carbons (Fsp3) is 0. The van der Waals surface area contributed by atoms with Gasteiger partial charge in [0, 0.05) is 0 Å². The molecule has 2 aromatic carbocycles. The van der Waals surface area contributed by atoms with Gasteiger partial charge in [-0.25, -0.2) is 13.6 Å². The van der Waals surface area contributed by atoms with Crippen molar-refractivity contribution in [3.8, 4) is 11.1 Å². The molecule has 0 spiro atoms. The Labute approximate surface area is 106 Å². The van der Waals surface area contributed by atoms with Gasteiger partial charge >= 0.3 is 5.97 Å². The maximum Gasteiger partial charge on any atom is 0.337 e. The lowest BCUT2D eigenvalue weighted by Gasteiger charge is -2.08. The Balaban J connectivity index is 2.67. The maximum atomic E-state index is 13.1. The zero-order valence-electron chi connectivity index (χ0n) is 8.95. The molecular formula is C13H7ClF2O2. The highest BCUT2D eigenvalue weighted by molar-refractivity contribution is 6.34. The van der Waals surface area contributed by atoms with Crippen LogP contribution < -0.4 is 0 Å². The molecule has 0 unspecified atom stereocenters. The first-order chi connectivity index (χ1) is 8.50. The Morgan fingerprint density at radius 3 is 2.44 bits per heavy atom. The number of carboxylic acids is 1. The number of hydrogen-bond donors (Lipinski definition) is 1. The monoisotopic (exact) mass is 268 g/mol. The lowest BCUT2D eigenvalue weighted by Crippen LogP contribution is -2.01. The van der Waals surface area contributed by atoms with Crippen LogP contribution in [0.5, 0.6) is 0 Å². The summed E-state index contributed by atoms with van der Waals surface area (Å²) >= 11 is 5.80. The first-order valence-corrected chi connectivity index (χ1v) is 5.35. The number of halogens is 3. The highest BCUT2D eigenvalue weighted by atomic mass is 35.5. The molecule has 2 rings (SSSR count). The minimum Gasteiger partial charge on any atom is -0.478 e. The van der Waals surface area contributed by atoms with Gasteiger partial charge in [-0.1, -0.05) is 29.8 Å². The van der Waals surface area contributed by atoms with Crippen LogP contribution in [0.15, 0.2) is 36.4 Å². The van der Waals surface area contributed by atoms with E-state index in [2.05, 4.69) is 0 Å². The molecule has 0 saturated heterocycles. The van der Waals surface area contributed by atoms with Gasteiger partial charge in [0.15, 0.2) is 11.6 Å². The second-order valence-corrected chi connectivity index (χ2v) is 4.00. The van der Waals surface area contributed by atoms with E-state index in [-0.39, 0.29) is 21.7 Å². The molecule has 2 nitrogen and oxygen atoms in total. The van der Waals surface area contributed by atoms with Crippen molar-refractivity contribution in [1.82, 2.24) is 0 Å². The molecule has 0 heterocycles. The predicted octanol–water partition coefficient (Wildman–Crippen LogP) is 3.98. The molecule has 0 atom stereocenters. The van der Waals surface area contributed by atoms with Crippen molar-refractivity contribution in [3.63, 3.8) is 0 Å². The third-order valence-electron chi connectivity index (χ3n) is 2.46. The lowest BCUT2D eigenvalue weighted by molar-refractivity contribution is 0.0698. The van der Waals surface area contributed by atoms with E-state index in [4.69, 9.17) is 16.7 Å². The van der Waals surface area contributed by atoms with Crippen molar-refractivity contribution < 1.29 is 18.7 Å². The molecule has 0 amide bonds. The number of rotatable bonds is 2. The minimum absolute atomic E-state index is 0.0460. The van der Waals surface area contributed by atoms with Gasteiger partial charge in [-0.15, -0.1) is 0 Å². The summed E-state index contributed by atoms with van der Waals surface area (Å²) in [7, 11) is 0. The van der Waals surface area contributed by atoms with E-state index in [1.807, 2.05) is 0 Å². The summed E-state index contributed by atoms with van der Waals surface area (Å²) in [4.78, 5) is 11.1. The topological polar surface area (TPSA) is 37.3 Å². The molecule has 0 saturated carbocycles. The summed E-state index contributed by atoms with van der Waals surface area (Å²) < 4.78 is 26.0. The molecule has 0 radical (unpaired) electrons. The number of benzene rings is 2. The van der Waals surface area contributed by atoms with E-state index in [1.165, 1.54) is 18.2 Å². The zero-order chi connectivity index (χ0) is 13.3. The van der Waals surface area contributed by atoms with Crippen LogP contribution in [0, 0.1) is 11.6 Å². The second-order valence-electron chi connectivity index (χ2n) is 3.60. The van der Waals surface area contributed by atoms with Crippen molar-refractivity contribution in [2.75, 3.05) is 0 Å². The quantitative estimate of drug-likeness (QED) is 0.894. The summed E-state index contributed by atoms with van der Waals surface area (Å²) in [6, 6.07) is 7.64. The Morgan fingerprint density at radius 2 is 1.83 bits per heavy atom. The van der Waals surface area contributed by atoms with Crippen molar-refractivity contribution >= 4 is 17.6 Å². The van der Waals surface area contributed by atoms with Gasteiger partial charge in [0.1, 0.15) is 0 Å². The summed E-state index contributed by atoms with van der Waals surface area (Å²) in [6.45, 7) is 0. The average molecular weight is 269 g/mol. The first kappa shape index (κ1) is 12.5. The van der Waals surface area contributed by atoms with Crippen LogP contribution in [-0.4, -0.2) is 11.1 Å². The first-order valence-electron chi connectivity index (χ1n) is 4.98. The molecular weight excluding hydrogens is 262 g/mol. The Bertz CT molecular complexity index is 626. The predicted molar refractivity (Wildman–Crippen MR) is 63.8 cm³/mol. The van der Waals surface area contributed by atoms with Crippen molar-refractivity contribution in [3.05, 3.63) is 58.6 Å². The van der Waals surface area contributed by atoms with E-state index in [0.29, 0.717) is 0 Å². The fourth-order valence-corrected chi connectivity index (χ4v) is 1.90. The van der Waals surface area contributed by atoms with Crippen LogP contribution >= 0.6 is 11.6 Å². The van der Waals surface area contributed by atoms with Gasteiger partial charge < -0.3 is 5.11 Å². The molecule has 0 aromatic heterocycles. The molecule has 0 fully saturated rings. The third-order valence-corrected chi connectivity index (χ3v) is 2.77. The summed E-state index contributed by atoms with van der Waals surface area (Å²) in [6.07, 6.45) is 0.